The summed E-state index contributed by atoms with van der Waals surface area (Å²) in [6.45, 7) is 0.928. The molecule has 106 valence electrons. The van der Waals surface area contributed by atoms with Gasteiger partial charge >= 0.3 is 0 Å². The molecule has 4 rings (SSSR count). The van der Waals surface area contributed by atoms with Gasteiger partial charge in [-0.3, -0.25) is 4.79 Å². The Bertz CT molecular complexity index is 565. The van der Waals surface area contributed by atoms with Crippen LogP contribution in [0.15, 0.2) is 18.2 Å². The van der Waals surface area contributed by atoms with Gasteiger partial charge in [-0.15, -0.1) is 0 Å². The van der Waals surface area contributed by atoms with E-state index in [-0.39, 0.29) is 23.4 Å². The first-order valence-electron chi connectivity index (χ1n) is 7.63. The molecule has 4 nitrogen and oxygen atoms in total. The molecule has 1 aromatic carbocycles. The second-order valence-corrected chi connectivity index (χ2v) is 6.46. The van der Waals surface area contributed by atoms with E-state index in [9.17, 15) is 4.79 Å². The van der Waals surface area contributed by atoms with Crippen molar-refractivity contribution >= 4 is 11.6 Å². The molecule has 0 saturated heterocycles. The highest BCUT2D eigenvalue weighted by Crippen LogP contribution is 2.55. The number of carbonyl (C=O) groups excluding carboxylic acids is 1. The van der Waals surface area contributed by atoms with Crippen LogP contribution in [0, 0.1) is 5.41 Å². The Kier molecular flexibility index (Phi) is 2.58. The molecule has 2 aliphatic carbocycles. The Morgan fingerprint density at radius 1 is 1.40 bits per heavy atom. The zero-order valence-corrected chi connectivity index (χ0v) is 11.6. The zero-order chi connectivity index (χ0) is 13.7. The topological polar surface area (TPSA) is 67.1 Å². The predicted molar refractivity (Wildman–Crippen MR) is 78.8 cm³/mol. The number of hydrogen-bond donors (Lipinski definition) is 3. The van der Waals surface area contributed by atoms with Gasteiger partial charge in [0, 0.05) is 35.3 Å². The van der Waals surface area contributed by atoms with Crippen molar-refractivity contribution in [1.82, 2.24) is 5.32 Å². The number of hydrogen-bond acceptors (Lipinski definition) is 3. The van der Waals surface area contributed by atoms with Crippen molar-refractivity contribution in [3.05, 3.63) is 29.3 Å². The first-order chi connectivity index (χ1) is 9.71. The third-order valence-corrected chi connectivity index (χ3v) is 5.62. The molecule has 1 aliphatic heterocycles. The lowest BCUT2D eigenvalue weighted by Gasteiger charge is -2.60. The number of nitrogens with two attached hydrogens (primary N) is 1. The number of fused-ring (bicyclic) bond motifs is 1. The van der Waals surface area contributed by atoms with Gasteiger partial charge in [-0.2, -0.15) is 0 Å². The molecule has 2 atom stereocenters. The zero-order valence-electron chi connectivity index (χ0n) is 11.6. The molecule has 2 unspecified atom stereocenters. The second-order valence-electron chi connectivity index (χ2n) is 6.46. The van der Waals surface area contributed by atoms with E-state index in [0.717, 1.165) is 36.2 Å². The van der Waals surface area contributed by atoms with E-state index in [1.54, 1.807) is 0 Å². The van der Waals surface area contributed by atoms with E-state index in [1.807, 2.05) is 18.2 Å². The molecule has 1 spiro atoms. The number of rotatable bonds is 2. The summed E-state index contributed by atoms with van der Waals surface area (Å²) >= 11 is 0. The van der Waals surface area contributed by atoms with Crippen molar-refractivity contribution in [2.75, 3.05) is 11.9 Å². The highest BCUT2D eigenvalue weighted by molar-refractivity contribution is 5.97. The molecule has 1 heterocycles. The summed E-state index contributed by atoms with van der Waals surface area (Å²) in [7, 11) is 0. The van der Waals surface area contributed by atoms with Crippen LogP contribution in [0.25, 0.3) is 0 Å². The summed E-state index contributed by atoms with van der Waals surface area (Å²) < 4.78 is 0. The Balaban J connectivity index is 1.53. The Hall–Kier alpha value is -1.55. The third kappa shape index (κ3) is 1.54. The van der Waals surface area contributed by atoms with Crippen LogP contribution in [-0.4, -0.2) is 24.5 Å². The van der Waals surface area contributed by atoms with Crippen LogP contribution in [0.4, 0.5) is 5.69 Å². The first-order valence-corrected chi connectivity index (χ1v) is 7.63. The lowest BCUT2D eigenvalue weighted by atomic mass is 9.50. The fourth-order valence-electron chi connectivity index (χ4n) is 4.12. The molecule has 1 aromatic rings. The molecule has 1 amide bonds. The minimum atomic E-state index is 0.0775. The van der Waals surface area contributed by atoms with E-state index in [0.29, 0.717) is 0 Å². The monoisotopic (exact) mass is 271 g/mol. The van der Waals surface area contributed by atoms with Crippen LogP contribution < -0.4 is 16.4 Å². The van der Waals surface area contributed by atoms with Crippen molar-refractivity contribution in [2.24, 2.45) is 11.1 Å². The Morgan fingerprint density at radius 3 is 2.95 bits per heavy atom. The molecule has 4 heteroatoms. The standard InChI is InChI=1S/C16H21N3O/c17-13-9-14(16(13)6-2-7-16)19-15(20)11-3-1-4-12-10(11)5-8-18-12/h1,3-4,13-14,18H,2,5-9,17H2,(H,19,20). The largest absolute Gasteiger partial charge is 0.384 e. The molecule has 3 aliphatic rings. The van der Waals surface area contributed by atoms with Crippen LogP contribution in [0.5, 0.6) is 0 Å². The van der Waals surface area contributed by atoms with Gasteiger partial charge in [0.15, 0.2) is 0 Å². The molecule has 0 aromatic heterocycles. The molecular weight excluding hydrogens is 250 g/mol. The van der Waals surface area contributed by atoms with E-state index < -0.39 is 0 Å². The maximum absolute atomic E-state index is 12.6. The van der Waals surface area contributed by atoms with E-state index >= 15 is 0 Å². The highest BCUT2D eigenvalue weighted by atomic mass is 16.1. The summed E-state index contributed by atoms with van der Waals surface area (Å²) in [5.41, 5.74) is 9.48. The van der Waals surface area contributed by atoms with Crippen molar-refractivity contribution in [3.63, 3.8) is 0 Å². The lowest BCUT2D eigenvalue weighted by molar-refractivity contribution is -0.0389. The molecule has 0 bridgehead atoms. The minimum Gasteiger partial charge on any atom is -0.384 e. The van der Waals surface area contributed by atoms with Crippen molar-refractivity contribution in [1.29, 1.82) is 0 Å². The van der Waals surface area contributed by atoms with Gasteiger partial charge in [0.05, 0.1) is 0 Å². The van der Waals surface area contributed by atoms with Gasteiger partial charge in [0.2, 0.25) is 0 Å². The summed E-state index contributed by atoms with van der Waals surface area (Å²) in [6, 6.07) is 6.50. The normalized spacial score (nSPS) is 29.1. The van der Waals surface area contributed by atoms with Gasteiger partial charge in [-0.1, -0.05) is 12.5 Å². The molecule has 2 fully saturated rings. The first kappa shape index (κ1) is 12.2. The number of carbonyl (C=O) groups is 1. The number of anilines is 1. The maximum Gasteiger partial charge on any atom is 0.251 e. The molecular formula is C16H21N3O. The van der Waals surface area contributed by atoms with E-state index in [2.05, 4.69) is 10.6 Å². The lowest BCUT2D eigenvalue weighted by Crippen LogP contribution is -2.69. The average Bonchev–Trinajstić information content (AvgIpc) is 2.83. The molecule has 2 saturated carbocycles. The number of benzene rings is 1. The quantitative estimate of drug-likeness (QED) is 0.766. The van der Waals surface area contributed by atoms with Gasteiger partial charge in [-0.25, -0.2) is 0 Å². The van der Waals surface area contributed by atoms with E-state index in [1.165, 1.54) is 19.3 Å². The summed E-state index contributed by atoms with van der Waals surface area (Å²) in [4.78, 5) is 12.6. The van der Waals surface area contributed by atoms with Crippen LogP contribution >= 0.6 is 0 Å². The van der Waals surface area contributed by atoms with Crippen LogP contribution in [0.3, 0.4) is 0 Å². The van der Waals surface area contributed by atoms with Gasteiger partial charge in [0.25, 0.3) is 5.91 Å². The van der Waals surface area contributed by atoms with Crippen LogP contribution in [0.2, 0.25) is 0 Å². The SMILES string of the molecule is NC1CC(NC(=O)c2cccc3c2CCN3)C12CCC2. The number of nitrogens with one attached hydrogen (secondary N) is 2. The Labute approximate surface area is 119 Å². The number of amides is 1. The predicted octanol–water partition coefficient (Wildman–Crippen LogP) is 1.65. The molecule has 20 heavy (non-hydrogen) atoms. The van der Waals surface area contributed by atoms with Crippen LogP contribution in [0.1, 0.15) is 41.6 Å². The van der Waals surface area contributed by atoms with Gasteiger partial charge in [-0.05, 0) is 43.4 Å². The van der Waals surface area contributed by atoms with E-state index in [4.69, 9.17) is 5.73 Å². The second kappa shape index (κ2) is 4.22. The highest BCUT2D eigenvalue weighted by Gasteiger charge is 2.57. The molecule has 4 N–H and O–H groups in total. The maximum atomic E-state index is 12.6. The summed E-state index contributed by atoms with van der Waals surface area (Å²) in [5.74, 6) is 0.0775. The smallest absolute Gasteiger partial charge is 0.251 e. The third-order valence-electron chi connectivity index (χ3n) is 5.62. The summed E-state index contributed by atoms with van der Waals surface area (Å²) in [6.07, 6.45) is 5.47. The van der Waals surface area contributed by atoms with Gasteiger partial charge in [0.1, 0.15) is 0 Å². The molecule has 0 radical (unpaired) electrons. The fraction of sp³-hybridized carbons (Fsp3) is 0.562. The van der Waals surface area contributed by atoms with Crippen molar-refractivity contribution in [3.8, 4) is 0 Å². The van der Waals surface area contributed by atoms with Crippen molar-refractivity contribution in [2.45, 2.75) is 44.2 Å². The summed E-state index contributed by atoms with van der Waals surface area (Å²) in [5, 5.41) is 6.56. The van der Waals surface area contributed by atoms with Crippen molar-refractivity contribution < 1.29 is 4.79 Å². The Morgan fingerprint density at radius 2 is 2.25 bits per heavy atom. The minimum absolute atomic E-state index is 0.0775. The fourth-order valence-corrected chi connectivity index (χ4v) is 4.12. The van der Waals surface area contributed by atoms with Crippen LogP contribution in [-0.2, 0) is 6.42 Å². The average molecular weight is 271 g/mol. The van der Waals surface area contributed by atoms with Gasteiger partial charge < -0.3 is 16.4 Å².